The van der Waals surface area contributed by atoms with Crippen LogP contribution in [0.1, 0.15) is 50.2 Å². The van der Waals surface area contributed by atoms with Crippen molar-refractivity contribution < 1.29 is 24.2 Å². The Hall–Kier alpha value is -3.35. The largest absolute Gasteiger partial charge is 0.481 e. The third-order valence-electron chi connectivity index (χ3n) is 6.58. The zero-order chi connectivity index (χ0) is 22.9. The number of carboxylic acid groups (broad SMARTS) is 1. The summed E-state index contributed by atoms with van der Waals surface area (Å²) in [6.07, 6.45) is 0.656. The highest BCUT2D eigenvalue weighted by Crippen LogP contribution is 2.44. The van der Waals surface area contributed by atoms with Crippen LogP contribution in [0.5, 0.6) is 0 Å². The van der Waals surface area contributed by atoms with Gasteiger partial charge in [0.2, 0.25) is 5.91 Å². The van der Waals surface area contributed by atoms with Crippen molar-refractivity contribution in [3.63, 3.8) is 0 Å². The Labute approximate surface area is 187 Å². The minimum absolute atomic E-state index is 0.0325. The molecule has 0 aliphatic heterocycles. The summed E-state index contributed by atoms with van der Waals surface area (Å²) < 4.78 is 5.55. The van der Waals surface area contributed by atoms with Crippen molar-refractivity contribution in [2.75, 3.05) is 6.61 Å². The lowest BCUT2D eigenvalue weighted by atomic mass is 9.98. The van der Waals surface area contributed by atoms with Gasteiger partial charge in [0.05, 0.1) is 17.9 Å². The lowest BCUT2D eigenvalue weighted by Gasteiger charge is -2.24. The predicted octanol–water partition coefficient (Wildman–Crippen LogP) is 3.67. The van der Waals surface area contributed by atoms with Gasteiger partial charge in [0.25, 0.3) is 0 Å². The highest BCUT2D eigenvalue weighted by Gasteiger charge is 2.46. The number of aliphatic carboxylic acids is 1. The molecule has 7 heteroatoms. The van der Waals surface area contributed by atoms with Gasteiger partial charge in [0.1, 0.15) is 6.61 Å². The third kappa shape index (κ3) is 4.47. The quantitative estimate of drug-likeness (QED) is 0.586. The molecule has 2 aliphatic carbocycles. The molecule has 2 aromatic carbocycles. The number of carbonyl (C=O) groups is 3. The molecule has 1 saturated carbocycles. The van der Waals surface area contributed by atoms with Gasteiger partial charge in [-0.05, 0) is 42.0 Å². The number of hydrogen-bond acceptors (Lipinski definition) is 4. The summed E-state index contributed by atoms with van der Waals surface area (Å²) in [5.74, 6) is -1.76. The maximum atomic E-state index is 12.5. The molecular formula is C25H28N2O5. The number of hydrogen-bond donors (Lipinski definition) is 3. The molecule has 0 spiro atoms. The van der Waals surface area contributed by atoms with Crippen molar-refractivity contribution in [3.05, 3.63) is 59.7 Å². The first-order valence-corrected chi connectivity index (χ1v) is 10.9. The molecule has 0 aromatic heterocycles. The first-order valence-electron chi connectivity index (χ1n) is 10.9. The minimum atomic E-state index is -0.930. The first-order chi connectivity index (χ1) is 15.3. The number of carboxylic acids is 1. The summed E-state index contributed by atoms with van der Waals surface area (Å²) in [6, 6.07) is 15.8. The SMILES string of the molecule is CC(NC(=O)OCC1c2ccccc2-c2ccccc21)C(C)C(=O)NC1(CC(=O)O)CC1. The number of rotatable bonds is 8. The van der Waals surface area contributed by atoms with Crippen molar-refractivity contribution in [2.45, 2.75) is 50.6 Å². The van der Waals surface area contributed by atoms with E-state index in [1.165, 1.54) is 0 Å². The number of nitrogens with one attached hydrogen (secondary N) is 2. The van der Waals surface area contributed by atoms with Crippen LogP contribution in [-0.2, 0) is 14.3 Å². The summed E-state index contributed by atoms with van der Waals surface area (Å²) in [5, 5.41) is 14.6. The fraction of sp³-hybridized carbons (Fsp3) is 0.400. The van der Waals surface area contributed by atoms with Crippen molar-refractivity contribution in [3.8, 4) is 11.1 Å². The lowest BCUT2D eigenvalue weighted by Crippen LogP contribution is -2.48. The molecule has 2 amide bonds. The Kier molecular flexibility index (Phi) is 5.91. The second-order valence-corrected chi connectivity index (χ2v) is 8.89. The summed E-state index contributed by atoms with van der Waals surface area (Å²) in [7, 11) is 0. The van der Waals surface area contributed by atoms with Crippen molar-refractivity contribution in [1.29, 1.82) is 0 Å². The molecule has 2 unspecified atom stereocenters. The van der Waals surface area contributed by atoms with E-state index in [2.05, 4.69) is 34.9 Å². The highest BCUT2D eigenvalue weighted by molar-refractivity contribution is 5.82. The molecule has 32 heavy (non-hydrogen) atoms. The van der Waals surface area contributed by atoms with E-state index in [1.54, 1.807) is 13.8 Å². The lowest BCUT2D eigenvalue weighted by molar-refractivity contribution is -0.138. The van der Waals surface area contributed by atoms with Gasteiger partial charge in [0, 0.05) is 12.0 Å². The zero-order valence-electron chi connectivity index (χ0n) is 18.3. The van der Waals surface area contributed by atoms with Crippen LogP contribution in [-0.4, -0.2) is 41.3 Å². The zero-order valence-corrected chi connectivity index (χ0v) is 18.3. The minimum Gasteiger partial charge on any atom is -0.481 e. The molecule has 4 rings (SSSR count). The topological polar surface area (TPSA) is 105 Å². The summed E-state index contributed by atoms with van der Waals surface area (Å²) in [5.41, 5.74) is 3.95. The molecule has 0 radical (unpaired) electrons. The van der Waals surface area contributed by atoms with E-state index >= 15 is 0 Å². The fourth-order valence-corrected chi connectivity index (χ4v) is 4.34. The van der Waals surface area contributed by atoms with Crippen LogP contribution in [0.25, 0.3) is 11.1 Å². The maximum Gasteiger partial charge on any atom is 0.407 e. The predicted molar refractivity (Wildman–Crippen MR) is 119 cm³/mol. The second-order valence-electron chi connectivity index (χ2n) is 8.89. The molecule has 2 aliphatic rings. The summed E-state index contributed by atoms with van der Waals surface area (Å²) >= 11 is 0. The van der Waals surface area contributed by atoms with Gasteiger partial charge in [-0.15, -0.1) is 0 Å². The molecule has 0 bridgehead atoms. The number of ether oxygens (including phenoxy) is 1. The fourth-order valence-electron chi connectivity index (χ4n) is 4.34. The van der Waals surface area contributed by atoms with E-state index in [-0.39, 0.29) is 24.9 Å². The van der Waals surface area contributed by atoms with E-state index < -0.39 is 29.6 Å². The average Bonchev–Trinajstić information content (AvgIpc) is 3.43. The molecule has 2 aromatic rings. The van der Waals surface area contributed by atoms with E-state index in [9.17, 15) is 14.4 Å². The molecule has 0 heterocycles. The maximum absolute atomic E-state index is 12.5. The Morgan fingerprint density at radius 3 is 2.12 bits per heavy atom. The van der Waals surface area contributed by atoms with Crippen LogP contribution < -0.4 is 10.6 Å². The smallest absolute Gasteiger partial charge is 0.407 e. The third-order valence-corrected chi connectivity index (χ3v) is 6.58. The Bertz CT molecular complexity index is 1000. The van der Waals surface area contributed by atoms with Gasteiger partial charge in [-0.25, -0.2) is 4.79 Å². The van der Waals surface area contributed by atoms with Crippen LogP contribution in [0.3, 0.4) is 0 Å². The van der Waals surface area contributed by atoms with Crippen LogP contribution in [0.15, 0.2) is 48.5 Å². The molecule has 7 nitrogen and oxygen atoms in total. The molecule has 0 saturated heterocycles. The Morgan fingerprint density at radius 1 is 1.03 bits per heavy atom. The average molecular weight is 437 g/mol. The Morgan fingerprint density at radius 2 is 1.59 bits per heavy atom. The highest BCUT2D eigenvalue weighted by atomic mass is 16.5. The molecule has 168 valence electrons. The van der Waals surface area contributed by atoms with Gasteiger partial charge in [0.15, 0.2) is 0 Å². The number of amides is 2. The van der Waals surface area contributed by atoms with Crippen LogP contribution in [0, 0.1) is 5.92 Å². The van der Waals surface area contributed by atoms with Crippen LogP contribution >= 0.6 is 0 Å². The molecule has 2 atom stereocenters. The summed E-state index contributed by atoms with van der Waals surface area (Å²) in [6.45, 7) is 3.65. The van der Waals surface area contributed by atoms with Gasteiger partial charge in [-0.3, -0.25) is 9.59 Å². The van der Waals surface area contributed by atoms with Crippen LogP contribution in [0.2, 0.25) is 0 Å². The van der Waals surface area contributed by atoms with Gasteiger partial charge in [-0.2, -0.15) is 0 Å². The monoisotopic (exact) mass is 436 g/mol. The number of benzene rings is 2. The second kappa shape index (κ2) is 8.65. The normalized spacial score (nSPS) is 17.4. The van der Waals surface area contributed by atoms with Crippen molar-refractivity contribution in [2.24, 2.45) is 5.92 Å². The van der Waals surface area contributed by atoms with Crippen molar-refractivity contribution in [1.82, 2.24) is 10.6 Å². The van der Waals surface area contributed by atoms with Gasteiger partial charge in [-0.1, -0.05) is 55.5 Å². The molecule has 1 fully saturated rings. The van der Waals surface area contributed by atoms with Crippen molar-refractivity contribution >= 4 is 18.0 Å². The van der Waals surface area contributed by atoms with E-state index in [0.717, 1.165) is 22.3 Å². The Balaban J connectivity index is 1.32. The summed E-state index contributed by atoms with van der Waals surface area (Å²) in [4.78, 5) is 36.0. The molecular weight excluding hydrogens is 408 g/mol. The van der Waals surface area contributed by atoms with E-state index in [4.69, 9.17) is 9.84 Å². The van der Waals surface area contributed by atoms with Gasteiger partial charge >= 0.3 is 12.1 Å². The number of alkyl carbamates (subject to hydrolysis) is 1. The van der Waals surface area contributed by atoms with E-state index in [0.29, 0.717) is 12.8 Å². The van der Waals surface area contributed by atoms with Crippen LogP contribution in [0.4, 0.5) is 4.79 Å². The van der Waals surface area contributed by atoms with Gasteiger partial charge < -0.3 is 20.5 Å². The standard InChI is InChI=1S/C25H28N2O5/c1-15(23(30)27-25(11-12-25)13-22(28)29)16(2)26-24(31)32-14-21-19-9-5-3-7-17(19)18-8-4-6-10-20(18)21/h3-10,15-16,21H,11-14H2,1-2H3,(H,26,31)(H,27,30)(H,28,29). The number of fused-ring (bicyclic) bond motifs is 3. The van der Waals surface area contributed by atoms with E-state index in [1.807, 2.05) is 24.3 Å². The number of carbonyl (C=O) groups excluding carboxylic acids is 2. The molecule has 3 N–H and O–H groups in total. The first kappa shape index (κ1) is 21.9.